The molecule has 51 heavy (non-hydrogen) atoms. The Morgan fingerprint density at radius 2 is 1.04 bits per heavy atom. The van der Waals surface area contributed by atoms with Crippen molar-refractivity contribution >= 4 is 35.0 Å². The molecule has 4 aromatic carbocycles. The molecule has 7 rings (SSSR count). The summed E-state index contributed by atoms with van der Waals surface area (Å²) in [4.78, 5) is 59.7. The number of β-amino-alcohol motifs (C(OH)–C–C–N with tert-alkyl or cyclic N) is 2. The number of likely N-dealkylation sites (tertiary alicyclic amines) is 2. The number of carbonyl (C=O) groups excluding carboxylic acids is 4. The normalized spacial score (nSPS) is 19.9. The largest absolute Gasteiger partial charge is 0.436 e. The maximum absolute atomic E-state index is 13.2. The highest BCUT2D eigenvalue weighted by Crippen LogP contribution is 2.29. The molecule has 2 fully saturated rings. The van der Waals surface area contributed by atoms with Crippen molar-refractivity contribution in [2.75, 3.05) is 23.7 Å². The predicted molar refractivity (Wildman–Crippen MR) is 188 cm³/mol. The van der Waals surface area contributed by atoms with E-state index in [1.807, 2.05) is 0 Å². The van der Waals surface area contributed by atoms with Gasteiger partial charge in [0.1, 0.15) is 12.1 Å². The molecule has 4 unspecified atom stereocenters. The molecule has 2 aliphatic rings. The Morgan fingerprint density at radius 3 is 1.49 bits per heavy atom. The van der Waals surface area contributed by atoms with Gasteiger partial charge in [-0.15, -0.1) is 0 Å². The van der Waals surface area contributed by atoms with Crippen molar-refractivity contribution in [2.45, 2.75) is 37.1 Å². The van der Waals surface area contributed by atoms with Crippen molar-refractivity contribution in [3.05, 3.63) is 127 Å². The first-order chi connectivity index (χ1) is 24.7. The Labute approximate surface area is 293 Å². The number of amides is 4. The number of anilines is 2. The molecular weight excluding hydrogens is 650 g/mol. The lowest BCUT2D eigenvalue weighted by molar-refractivity contribution is -0.120. The maximum atomic E-state index is 13.2. The van der Waals surface area contributed by atoms with E-state index in [1.165, 1.54) is 9.80 Å². The van der Waals surface area contributed by atoms with E-state index in [0.717, 1.165) is 5.56 Å². The highest BCUT2D eigenvalue weighted by molar-refractivity contribution is 6.02. The van der Waals surface area contributed by atoms with Crippen molar-refractivity contribution in [1.29, 1.82) is 0 Å². The smallest absolute Gasteiger partial charge is 0.254 e. The van der Waals surface area contributed by atoms with Gasteiger partial charge in [-0.05, 0) is 72.8 Å². The van der Waals surface area contributed by atoms with E-state index >= 15 is 0 Å². The van der Waals surface area contributed by atoms with Crippen LogP contribution in [-0.2, 0) is 9.59 Å². The molecule has 0 spiro atoms. The van der Waals surface area contributed by atoms with Crippen LogP contribution < -0.4 is 10.6 Å². The fourth-order valence-electron chi connectivity index (χ4n) is 6.47. The van der Waals surface area contributed by atoms with Gasteiger partial charge in [0.05, 0.1) is 18.4 Å². The Kier molecular flexibility index (Phi) is 9.42. The number of aliphatic hydroxyl groups excluding tert-OH is 2. The van der Waals surface area contributed by atoms with Crippen LogP contribution in [0.5, 0.6) is 0 Å². The number of aromatic nitrogens is 1. The molecule has 4 amide bonds. The van der Waals surface area contributed by atoms with Crippen LogP contribution in [0.1, 0.15) is 33.6 Å². The Morgan fingerprint density at radius 1 is 0.608 bits per heavy atom. The number of hydrogen-bond donors (Lipinski definition) is 4. The molecule has 4 atom stereocenters. The molecule has 0 saturated carbocycles. The quantitative estimate of drug-likeness (QED) is 0.186. The van der Waals surface area contributed by atoms with Crippen molar-refractivity contribution in [1.82, 2.24) is 14.8 Å². The number of nitrogens with one attached hydrogen (secondary N) is 2. The van der Waals surface area contributed by atoms with Crippen LogP contribution in [0.2, 0.25) is 0 Å². The third-order valence-corrected chi connectivity index (χ3v) is 9.07. The summed E-state index contributed by atoms with van der Waals surface area (Å²) < 4.78 is 6.02. The number of carbonyl (C=O) groups is 4. The minimum atomic E-state index is -0.810. The molecule has 0 bridgehead atoms. The van der Waals surface area contributed by atoms with E-state index in [-0.39, 0.29) is 49.6 Å². The van der Waals surface area contributed by atoms with Crippen LogP contribution in [-0.4, -0.2) is 86.0 Å². The van der Waals surface area contributed by atoms with Crippen LogP contribution in [0.25, 0.3) is 22.8 Å². The Balaban J connectivity index is 0.964. The first-order valence-electron chi connectivity index (χ1n) is 16.6. The second-order valence-electron chi connectivity index (χ2n) is 12.6. The highest BCUT2D eigenvalue weighted by atomic mass is 16.4. The number of hydrogen-bond acceptors (Lipinski definition) is 8. The van der Waals surface area contributed by atoms with Crippen LogP contribution in [0.4, 0.5) is 11.4 Å². The van der Waals surface area contributed by atoms with Gasteiger partial charge in [-0.2, -0.15) is 0 Å². The van der Waals surface area contributed by atoms with Gasteiger partial charge in [-0.3, -0.25) is 19.2 Å². The number of benzene rings is 4. The van der Waals surface area contributed by atoms with Gasteiger partial charge in [0.15, 0.2) is 5.76 Å². The molecule has 258 valence electrons. The van der Waals surface area contributed by atoms with Gasteiger partial charge < -0.3 is 35.1 Å². The SMILES string of the molecule is O=C(Nc1ccc(-c2cnc(-c3ccc(NC(=O)C4CC(O)CN4C(=O)c4ccccc4)cc3)o2)cc1)C1CC(O)CN1C(=O)c1ccccc1. The number of aliphatic hydroxyl groups is 2. The first kappa shape index (κ1) is 33.4. The number of oxazole rings is 1. The van der Waals surface area contributed by atoms with Crippen LogP contribution in [0.3, 0.4) is 0 Å². The molecule has 0 aliphatic carbocycles. The summed E-state index contributed by atoms with van der Waals surface area (Å²) in [6.45, 7) is 0.160. The van der Waals surface area contributed by atoms with Crippen LogP contribution in [0.15, 0.2) is 120 Å². The predicted octanol–water partition coefficient (Wildman–Crippen LogP) is 4.44. The number of nitrogens with zero attached hydrogens (tertiary/aromatic N) is 3. The highest BCUT2D eigenvalue weighted by Gasteiger charge is 2.40. The molecule has 4 N–H and O–H groups in total. The summed E-state index contributed by atoms with van der Waals surface area (Å²) >= 11 is 0. The average molecular weight is 686 g/mol. The zero-order chi connectivity index (χ0) is 35.5. The molecule has 0 radical (unpaired) electrons. The van der Waals surface area contributed by atoms with E-state index in [0.29, 0.717) is 39.7 Å². The standard InChI is InChI=1S/C39H35N5O7/c45-30-19-32(43(22-30)38(49)26-7-3-1-4-8-26)35(47)41-28-15-11-24(12-16-28)34-21-40-37(51-34)25-13-17-29(18-14-25)42-36(48)33-20-31(46)23-44(33)39(50)27-9-5-2-6-10-27/h1-18,21,30-33,45-46H,19-20,22-23H2,(H,41,47)(H,42,48). The summed E-state index contributed by atoms with van der Waals surface area (Å²) in [5.41, 5.74) is 3.34. The molecule has 2 aliphatic heterocycles. The van der Waals surface area contributed by atoms with E-state index in [1.54, 1.807) is 115 Å². The third-order valence-electron chi connectivity index (χ3n) is 9.07. The summed E-state index contributed by atoms with van der Waals surface area (Å²) in [5.74, 6) is -0.528. The Bertz CT molecular complexity index is 1890. The van der Waals surface area contributed by atoms with Gasteiger partial charge in [0.2, 0.25) is 17.7 Å². The molecule has 12 nitrogen and oxygen atoms in total. The average Bonchev–Trinajstić information content (AvgIpc) is 3.91. The van der Waals surface area contributed by atoms with Gasteiger partial charge >= 0.3 is 0 Å². The summed E-state index contributed by atoms with van der Waals surface area (Å²) in [5, 5.41) is 26.2. The van der Waals surface area contributed by atoms with E-state index in [2.05, 4.69) is 15.6 Å². The third kappa shape index (κ3) is 7.28. The fourth-order valence-corrected chi connectivity index (χ4v) is 6.47. The molecule has 3 heterocycles. The zero-order valence-electron chi connectivity index (χ0n) is 27.4. The maximum Gasteiger partial charge on any atom is 0.254 e. The van der Waals surface area contributed by atoms with Gasteiger partial charge in [0, 0.05) is 59.6 Å². The Hall–Kier alpha value is -6.11. The lowest BCUT2D eigenvalue weighted by Crippen LogP contribution is -2.43. The van der Waals surface area contributed by atoms with E-state index in [4.69, 9.17) is 4.42 Å². The van der Waals surface area contributed by atoms with Crippen molar-refractivity contribution in [2.24, 2.45) is 0 Å². The summed E-state index contributed by atoms with van der Waals surface area (Å²) in [6.07, 6.45) is 0.306. The molecule has 2 saturated heterocycles. The fraction of sp³-hybridized carbons (Fsp3) is 0.205. The first-order valence-corrected chi connectivity index (χ1v) is 16.6. The van der Waals surface area contributed by atoms with Crippen LogP contribution in [0, 0.1) is 0 Å². The van der Waals surface area contributed by atoms with E-state index in [9.17, 15) is 29.4 Å². The summed E-state index contributed by atoms with van der Waals surface area (Å²) in [7, 11) is 0. The molecular formula is C39H35N5O7. The van der Waals surface area contributed by atoms with Crippen molar-refractivity contribution < 1.29 is 33.8 Å². The van der Waals surface area contributed by atoms with Crippen LogP contribution >= 0.6 is 0 Å². The topological polar surface area (TPSA) is 165 Å². The van der Waals surface area contributed by atoms with Gasteiger partial charge in [-0.25, -0.2) is 4.98 Å². The van der Waals surface area contributed by atoms with Crippen molar-refractivity contribution in [3.8, 4) is 22.8 Å². The molecule has 5 aromatic rings. The van der Waals surface area contributed by atoms with Gasteiger partial charge in [0.25, 0.3) is 11.8 Å². The monoisotopic (exact) mass is 685 g/mol. The molecule has 12 heteroatoms. The lowest BCUT2D eigenvalue weighted by Gasteiger charge is -2.23. The minimum absolute atomic E-state index is 0.0795. The van der Waals surface area contributed by atoms with Crippen molar-refractivity contribution in [3.63, 3.8) is 0 Å². The lowest BCUT2D eigenvalue weighted by atomic mass is 10.1. The summed E-state index contributed by atoms with van der Waals surface area (Å²) in [6, 6.07) is 29.7. The van der Waals surface area contributed by atoms with Gasteiger partial charge in [-0.1, -0.05) is 36.4 Å². The zero-order valence-corrected chi connectivity index (χ0v) is 27.4. The minimum Gasteiger partial charge on any atom is -0.436 e. The van der Waals surface area contributed by atoms with E-state index < -0.39 is 24.3 Å². The second-order valence-corrected chi connectivity index (χ2v) is 12.6. The second kappa shape index (κ2) is 14.4. The number of rotatable bonds is 8. The molecule has 1 aromatic heterocycles.